The zero-order valence-corrected chi connectivity index (χ0v) is 10.7. The third-order valence-electron chi connectivity index (χ3n) is 3.55. The largest absolute Gasteiger partial charge is 0.481 e. The van der Waals surface area contributed by atoms with Crippen molar-refractivity contribution in [3.05, 3.63) is 12.2 Å². The van der Waals surface area contributed by atoms with Crippen LogP contribution in [0.15, 0.2) is 12.2 Å². The summed E-state index contributed by atoms with van der Waals surface area (Å²) in [7, 11) is 0. The van der Waals surface area contributed by atoms with Gasteiger partial charge in [0.1, 0.15) is 0 Å². The standard InChI is InChI=1S/C14H22O4/c15-13(16)9-5-6-10-14-17-11-7-3-1-2-4-8-12(11)18-14/h1-2,11-12,14H,3-10H2,(H,15,16)/b2-1+/t11-,12+,14?. The summed E-state index contributed by atoms with van der Waals surface area (Å²) >= 11 is 0. The molecule has 0 aromatic heterocycles. The van der Waals surface area contributed by atoms with Crippen molar-refractivity contribution in [1.29, 1.82) is 0 Å². The molecule has 0 radical (unpaired) electrons. The van der Waals surface area contributed by atoms with Crippen molar-refractivity contribution in [1.82, 2.24) is 0 Å². The van der Waals surface area contributed by atoms with Gasteiger partial charge in [-0.1, -0.05) is 12.2 Å². The fourth-order valence-corrected chi connectivity index (χ4v) is 2.59. The molecule has 0 aromatic rings. The number of carbonyl (C=O) groups is 1. The molecule has 1 aliphatic heterocycles. The highest BCUT2D eigenvalue weighted by Crippen LogP contribution is 2.30. The highest BCUT2D eigenvalue weighted by Gasteiger charge is 2.34. The molecule has 0 amide bonds. The lowest BCUT2D eigenvalue weighted by molar-refractivity contribution is -0.137. The zero-order chi connectivity index (χ0) is 12.8. The Labute approximate surface area is 108 Å². The van der Waals surface area contributed by atoms with Crippen molar-refractivity contribution < 1.29 is 19.4 Å². The lowest BCUT2D eigenvalue weighted by atomic mass is 10.0. The lowest BCUT2D eigenvalue weighted by Crippen LogP contribution is -2.22. The molecule has 0 aromatic carbocycles. The van der Waals surface area contributed by atoms with Gasteiger partial charge in [-0.25, -0.2) is 0 Å². The van der Waals surface area contributed by atoms with Gasteiger partial charge in [-0.2, -0.15) is 0 Å². The Morgan fingerprint density at radius 3 is 2.28 bits per heavy atom. The number of aliphatic carboxylic acids is 1. The van der Waals surface area contributed by atoms with Crippen LogP contribution in [-0.2, 0) is 14.3 Å². The molecule has 1 fully saturated rings. The molecule has 2 aliphatic rings. The van der Waals surface area contributed by atoms with Gasteiger partial charge < -0.3 is 14.6 Å². The highest BCUT2D eigenvalue weighted by molar-refractivity contribution is 5.66. The summed E-state index contributed by atoms with van der Waals surface area (Å²) in [6, 6.07) is 0. The van der Waals surface area contributed by atoms with E-state index in [0.29, 0.717) is 6.42 Å². The van der Waals surface area contributed by atoms with E-state index in [0.717, 1.165) is 38.5 Å². The average molecular weight is 254 g/mol. The fourth-order valence-electron chi connectivity index (χ4n) is 2.59. The molecule has 0 spiro atoms. The van der Waals surface area contributed by atoms with Crippen molar-refractivity contribution in [2.24, 2.45) is 0 Å². The predicted molar refractivity (Wildman–Crippen MR) is 67.2 cm³/mol. The summed E-state index contributed by atoms with van der Waals surface area (Å²) in [6.45, 7) is 0. The van der Waals surface area contributed by atoms with Gasteiger partial charge in [0.2, 0.25) is 0 Å². The summed E-state index contributed by atoms with van der Waals surface area (Å²) in [4.78, 5) is 10.4. The van der Waals surface area contributed by atoms with Gasteiger partial charge in [0.25, 0.3) is 0 Å². The first-order chi connectivity index (χ1) is 8.75. The second kappa shape index (κ2) is 6.90. The van der Waals surface area contributed by atoms with Crippen LogP contribution in [0.4, 0.5) is 0 Å². The molecular weight excluding hydrogens is 232 g/mol. The van der Waals surface area contributed by atoms with E-state index in [2.05, 4.69) is 12.2 Å². The monoisotopic (exact) mass is 254 g/mol. The van der Waals surface area contributed by atoms with Gasteiger partial charge in [-0.15, -0.1) is 0 Å². The van der Waals surface area contributed by atoms with E-state index in [1.807, 2.05) is 0 Å². The number of hydrogen-bond donors (Lipinski definition) is 1. The molecular formula is C14H22O4. The van der Waals surface area contributed by atoms with Crippen LogP contribution in [0.3, 0.4) is 0 Å². The van der Waals surface area contributed by atoms with E-state index in [1.54, 1.807) is 0 Å². The van der Waals surface area contributed by atoms with E-state index in [-0.39, 0.29) is 24.9 Å². The fraction of sp³-hybridized carbons (Fsp3) is 0.786. The first-order valence-electron chi connectivity index (χ1n) is 6.93. The van der Waals surface area contributed by atoms with Gasteiger partial charge in [-0.3, -0.25) is 4.79 Å². The molecule has 102 valence electrons. The average Bonchev–Trinajstić information content (AvgIpc) is 2.66. The summed E-state index contributed by atoms with van der Waals surface area (Å²) in [6.07, 6.45) is 11.6. The Morgan fingerprint density at radius 1 is 1.11 bits per heavy atom. The second-order valence-electron chi connectivity index (χ2n) is 5.04. The molecule has 1 heterocycles. The molecule has 0 saturated carbocycles. The second-order valence-corrected chi connectivity index (χ2v) is 5.04. The Kier molecular flexibility index (Phi) is 5.20. The van der Waals surface area contributed by atoms with Crippen LogP contribution in [0.1, 0.15) is 51.4 Å². The SMILES string of the molecule is O=C(O)CCCCC1O[C@H]2CC/C=C/CC[C@H]2O1. The molecule has 18 heavy (non-hydrogen) atoms. The van der Waals surface area contributed by atoms with E-state index in [1.165, 1.54) is 0 Å². The molecule has 1 saturated heterocycles. The molecule has 4 heteroatoms. The Morgan fingerprint density at radius 2 is 1.72 bits per heavy atom. The van der Waals surface area contributed by atoms with E-state index in [9.17, 15) is 4.79 Å². The van der Waals surface area contributed by atoms with Gasteiger partial charge in [0, 0.05) is 6.42 Å². The van der Waals surface area contributed by atoms with Crippen molar-refractivity contribution in [2.75, 3.05) is 0 Å². The third kappa shape index (κ3) is 4.10. The predicted octanol–water partition coefficient (Wildman–Crippen LogP) is 2.87. The summed E-state index contributed by atoms with van der Waals surface area (Å²) in [5.74, 6) is -0.726. The normalized spacial score (nSPS) is 33.4. The van der Waals surface area contributed by atoms with E-state index >= 15 is 0 Å². The molecule has 1 unspecified atom stereocenters. The van der Waals surface area contributed by atoms with Crippen LogP contribution in [-0.4, -0.2) is 29.6 Å². The van der Waals surface area contributed by atoms with Crippen LogP contribution in [0, 0.1) is 0 Å². The Balaban J connectivity index is 1.69. The van der Waals surface area contributed by atoms with Crippen molar-refractivity contribution >= 4 is 5.97 Å². The van der Waals surface area contributed by atoms with E-state index in [4.69, 9.17) is 14.6 Å². The number of unbranched alkanes of at least 4 members (excludes halogenated alkanes) is 1. The van der Waals surface area contributed by atoms with E-state index < -0.39 is 5.97 Å². The Hall–Kier alpha value is -0.870. The number of fused-ring (bicyclic) bond motifs is 1. The Bertz CT molecular complexity index is 282. The maximum absolute atomic E-state index is 10.4. The van der Waals surface area contributed by atoms with Crippen LogP contribution >= 0.6 is 0 Å². The summed E-state index contributed by atoms with van der Waals surface area (Å²) < 4.78 is 11.8. The van der Waals surface area contributed by atoms with Gasteiger partial charge in [0.05, 0.1) is 12.2 Å². The minimum atomic E-state index is -0.726. The molecule has 2 rings (SSSR count). The maximum Gasteiger partial charge on any atom is 0.303 e. The first-order valence-corrected chi connectivity index (χ1v) is 6.93. The summed E-state index contributed by atoms with van der Waals surface area (Å²) in [5.41, 5.74) is 0. The topological polar surface area (TPSA) is 55.8 Å². The molecule has 1 N–H and O–H groups in total. The summed E-state index contributed by atoms with van der Waals surface area (Å²) in [5, 5.41) is 8.57. The number of ether oxygens (including phenoxy) is 2. The quantitative estimate of drug-likeness (QED) is 0.605. The van der Waals surface area contributed by atoms with Crippen molar-refractivity contribution in [3.63, 3.8) is 0 Å². The number of rotatable bonds is 5. The molecule has 4 nitrogen and oxygen atoms in total. The van der Waals surface area contributed by atoms with Crippen molar-refractivity contribution in [3.8, 4) is 0 Å². The first kappa shape index (κ1) is 13.6. The number of carboxylic acids is 1. The van der Waals surface area contributed by atoms with Crippen LogP contribution in [0.5, 0.6) is 0 Å². The lowest BCUT2D eigenvalue weighted by Gasteiger charge is -2.16. The van der Waals surface area contributed by atoms with Gasteiger partial charge in [0.15, 0.2) is 6.29 Å². The zero-order valence-electron chi connectivity index (χ0n) is 10.7. The third-order valence-corrected chi connectivity index (χ3v) is 3.55. The van der Waals surface area contributed by atoms with Crippen LogP contribution < -0.4 is 0 Å². The van der Waals surface area contributed by atoms with Crippen molar-refractivity contribution in [2.45, 2.75) is 69.9 Å². The van der Waals surface area contributed by atoms with Gasteiger partial charge >= 0.3 is 5.97 Å². The number of hydrogen-bond acceptors (Lipinski definition) is 3. The smallest absolute Gasteiger partial charge is 0.303 e. The molecule has 0 bridgehead atoms. The van der Waals surface area contributed by atoms with Crippen LogP contribution in [0.2, 0.25) is 0 Å². The number of carboxylic acid groups (broad SMARTS) is 1. The van der Waals surface area contributed by atoms with Crippen LogP contribution in [0.25, 0.3) is 0 Å². The minimum Gasteiger partial charge on any atom is -0.481 e. The minimum absolute atomic E-state index is 0.119. The highest BCUT2D eigenvalue weighted by atomic mass is 16.7. The number of allylic oxidation sites excluding steroid dienone is 2. The molecule has 1 aliphatic carbocycles. The maximum atomic E-state index is 10.4. The molecule has 3 atom stereocenters. The van der Waals surface area contributed by atoms with Gasteiger partial charge in [-0.05, 0) is 44.9 Å².